The molecule has 26 heavy (non-hydrogen) atoms. The highest BCUT2D eigenvalue weighted by molar-refractivity contribution is 7.89. The molecule has 0 bridgehead atoms. The summed E-state index contributed by atoms with van der Waals surface area (Å²) in [5.41, 5.74) is 3.34. The van der Waals surface area contributed by atoms with E-state index in [1.807, 2.05) is 13.8 Å². The van der Waals surface area contributed by atoms with E-state index in [9.17, 15) is 18.5 Å². The molecular formula is C18H23N3O4S. The molecule has 0 aliphatic heterocycles. The minimum atomic E-state index is -3.77. The van der Waals surface area contributed by atoms with Gasteiger partial charge < -0.3 is 5.32 Å². The second-order valence-corrected chi connectivity index (χ2v) is 7.45. The van der Waals surface area contributed by atoms with Gasteiger partial charge in [0.25, 0.3) is 5.69 Å². The lowest BCUT2D eigenvalue weighted by atomic mass is 9.97. The summed E-state index contributed by atoms with van der Waals surface area (Å²) in [6.07, 6.45) is 1.24. The molecule has 0 radical (unpaired) electrons. The Balaban J connectivity index is 2.24. The summed E-state index contributed by atoms with van der Waals surface area (Å²) < 4.78 is 23.6. The molecule has 7 nitrogen and oxygen atoms in total. The number of nitro benzene ring substituents is 1. The summed E-state index contributed by atoms with van der Waals surface area (Å²) in [5.74, 6) is 0. The van der Waals surface area contributed by atoms with Crippen molar-refractivity contribution >= 4 is 15.7 Å². The maximum Gasteiger partial charge on any atom is 0.273 e. The molecule has 0 aromatic heterocycles. The van der Waals surface area contributed by atoms with Gasteiger partial charge in [0, 0.05) is 24.7 Å². The van der Waals surface area contributed by atoms with E-state index in [1.165, 1.54) is 12.1 Å². The fraction of sp³-hybridized carbons (Fsp3) is 0.333. The third kappa shape index (κ3) is 4.46. The number of nitrogens with two attached hydrogens (primary N) is 1. The Kier molecular flexibility index (Phi) is 6.47. The number of para-hydroxylation sites is 1. The minimum Gasteiger partial charge on any atom is -0.308 e. The first-order valence-corrected chi connectivity index (χ1v) is 9.93. The van der Waals surface area contributed by atoms with E-state index in [1.54, 1.807) is 24.3 Å². The predicted octanol–water partition coefficient (Wildman–Crippen LogP) is 2.66. The molecule has 8 heteroatoms. The second kappa shape index (κ2) is 8.39. The van der Waals surface area contributed by atoms with Crippen LogP contribution in [-0.2, 0) is 36.0 Å². The lowest BCUT2D eigenvalue weighted by molar-refractivity contribution is -0.385. The van der Waals surface area contributed by atoms with Crippen LogP contribution in [0.1, 0.15) is 36.1 Å². The van der Waals surface area contributed by atoms with E-state index in [0.717, 1.165) is 16.7 Å². The highest BCUT2D eigenvalue weighted by Gasteiger charge is 2.18. The maximum absolute atomic E-state index is 11.8. The van der Waals surface area contributed by atoms with Gasteiger partial charge in [0.15, 0.2) is 0 Å². The first kappa shape index (κ1) is 20.0. The van der Waals surface area contributed by atoms with Crippen molar-refractivity contribution in [3.05, 3.63) is 68.8 Å². The molecular weight excluding hydrogens is 354 g/mol. The molecule has 0 aliphatic rings. The first-order valence-electron chi connectivity index (χ1n) is 8.39. The molecule has 0 fully saturated rings. The number of nitrogens with one attached hydrogen (secondary N) is 1. The van der Waals surface area contributed by atoms with E-state index in [0.29, 0.717) is 31.5 Å². The predicted molar refractivity (Wildman–Crippen MR) is 100 cm³/mol. The first-order chi connectivity index (χ1) is 12.3. The van der Waals surface area contributed by atoms with Gasteiger partial charge in [-0.15, -0.1) is 0 Å². The number of sulfonamides is 1. The van der Waals surface area contributed by atoms with Crippen molar-refractivity contribution in [2.24, 2.45) is 5.14 Å². The van der Waals surface area contributed by atoms with E-state index in [4.69, 9.17) is 5.14 Å². The number of primary sulfonamides is 1. The summed E-state index contributed by atoms with van der Waals surface area (Å²) >= 11 is 0. The van der Waals surface area contributed by atoms with E-state index in [2.05, 4.69) is 5.32 Å². The number of nitro groups is 1. The van der Waals surface area contributed by atoms with Gasteiger partial charge in [-0.3, -0.25) is 10.1 Å². The topological polar surface area (TPSA) is 115 Å². The van der Waals surface area contributed by atoms with Crippen LogP contribution in [0.4, 0.5) is 5.69 Å². The van der Waals surface area contributed by atoms with Crippen LogP contribution < -0.4 is 10.5 Å². The zero-order valence-corrected chi connectivity index (χ0v) is 15.7. The van der Waals surface area contributed by atoms with Crippen LogP contribution in [0.5, 0.6) is 0 Å². The number of benzene rings is 2. The van der Waals surface area contributed by atoms with Crippen molar-refractivity contribution in [2.75, 3.05) is 0 Å². The van der Waals surface area contributed by atoms with E-state index < -0.39 is 14.9 Å². The van der Waals surface area contributed by atoms with Crippen molar-refractivity contribution in [3.8, 4) is 0 Å². The molecule has 0 saturated carbocycles. The molecule has 0 unspecified atom stereocenters. The number of hydrogen-bond acceptors (Lipinski definition) is 5. The fourth-order valence-electron chi connectivity index (χ4n) is 3.15. The number of nitrogens with zero attached hydrogens (tertiary/aromatic N) is 1. The van der Waals surface area contributed by atoms with Crippen LogP contribution in [0.2, 0.25) is 0 Å². The molecule has 2 aromatic carbocycles. The SMILES string of the molecule is CCc1c(CNCc2ccccc2[N+](=O)[O-])ccc(S(N)(=O)=O)c1CC. The van der Waals surface area contributed by atoms with Crippen LogP contribution in [0.25, 0.3) is 0 Å². The zero-order valence-electron chi connectivity index (χ0n) is 14.9. The number of hydrogen-bond donors (Lipinski definition) is 2. The van der Waals surface area contributed by atoms with Gasteiger partial charge in [-0.25, -0.2) is 13.6 Å². The molecule has 0 atom stereocenters. The van der Waals surface area contributed by atoms with Gasteiger partial charge in [0.2, 0.25) is 10.0 Å². The molecule has 0 heterocycles. The average Bonchev–Trinajstić information content (AvgIpc) is 2.60. The van der Waals surface area contributed by atoms with Gasteiger partial charge in [0.05, 0.1) is 9.82 Å². The quantitative estimate of drug-likeness (QED) is 0.542. The van der Waals surface area contributed by atoms with E-state index >= 15 is 0 Å². The lowest BCUT2D eigenvalue weighted by Crippen LogP contribution is -2.19. The van der Waals surface area contributed by atoms with Crippen LogP contribution in [0.15, 0.2) is 41.3 Å². The Morgan fingerprint density at radius 2 is 1.62 bits per heavy atom. The summed E-state index contributed by atoms with van der Waals surface area (Å²) in [6.45, 7) is 4.69. The second-order valence-electron chi connectivity index (χ2n) is 5.92. The van der Waals surface area contributed by atoms with Crippen LogP contribution in [0.3, 0.4) is 0 Å². The number of rotatable bonds is 8. The molecule has 0 amide bonds. The van der Waals surface area contributed by atoms with Crippen molar-refractivity contribution in [2.45, 2.75) is 44.7 Å². The highest BCUT2D eigenvalue weighted by Crippen LogP contribution is 2.24. The molecule has 0 saturated heterocycles. The monoisotopic (exact) mass is 377 g/mol. The van der Waals surface area contributed by atoms with E-state index in [-0.39, 0.29) is 10.6 Å². The van der Waals surface area contributed by atoms with Gasteiger partial charge in [-0.1, -0.05) is 38.1 Å². The largest absolute Gasteiger partial charge is 0.308 e. The van der Waals surface area contributed by atoms with Crippen LogP contribution >= 0.6 is 0 Å². The normalized spacial score (nSPS) is 11.5. The fourth-order valence-corrected chi connectivity index (χ4v) is 4.02. The standard InChI is InChI=1S/C18H23N3O4S/c1-3-15-13(9-10-18(16(15)4-2)26(19,24)25)11-20-12-14-7-5-6-8-17(14)21(22)23/h5-10,20H,3-4,11-12H2,1-2H3,(H2,19,24,25). The molecule has 3 N–H and O–H groups in total. The molecule has 0 spiro atoms. The van der Waals surface area contributed by atoms with Gasteiger partial charge >= 0.3 is 0 Å². The third-order valence-corrected chi connectivity index (χ3v) is 5.31. The Hall–Kier alpha value is -2.29. The smallest absolute Gasteiger partial charge is 0.273 e. The van der Waals surface area contributed by atoms with Crippen molar-refractivity contribution in [1.82, 2.24) is 5.32 Å². The highest BCUT2D eigenvalue weighted by atomic mass is 32.2. The van der Waals surface area contributed by atoms with Gasteiger partial charge in [-0.05, 0) is 35.6 Å². The van der Waals surface area contributed by atoms with Gasteiger partial charge in [0.1, 0.15) is 0 Å². The minimum absolute atomic E-state index is 0.0783. The van der Waals surface area contributed by atoms with Gasteiger partial charge in [-0.2, -0.15) is 0 Å². The average molecular weight is 377 g/mol. The van der Waals surface area contributed by atoms with Crippen molar-refractivity contribution < 1.29 is 13.3 Å². The third-order valence-electron chi connectivity index (χ3n) is 4.32. The summed E-state index contributed by atoms with van der Waals surface area (Å²) in [6, 6.07) is 9.88. The Morgan fingerprint density at radius 3 is 2.19 bits per heavy atom. The summed E-state index contributed by atoms with van der Waals surface area (Å²) in [5, 5.41) is 19.6. The van der Waals surface area contributed by atoms with Crippen molar-refractivity contribution in [1.29, 1.82) is 0 Å². The Bertz CT molecular complexity index is 911. The molecule has 0 aliphatic carbocycles. The van der Waals surface area contributed by atoms with Crippen LogP contribution in [-0.4, -0.2) is 13.3 Å². The summed E-state index contributed by atoms with van der Waals surface area (Å²) in [4.78, 5) is 10.8. The van der Waals surface area contributed by atoms with Crippen LogP contribution in [0, 0.1) is 10.1 Å². The maximum atomic E-state index is 11.8. The molecule has 2 aromatic rings. The zero-order chi connectivity index (χ0) is 19.3. The molecule has 140 valence electrons. The Labute approximate surface area is 153 Å². The molecule has 2 rings (SSSR count). The van der Waals surface area contributed by atoms with Crippen molar-refractivity contribution in [3.63, 3.8) is 0 Å². The Morgan fingerprint density at radius 1 is 1.00 bits per heavy atom. The lowest BCUT2D eigenvalue weighted by Gasteiger charge is -2.16. The summed E-state index contributed by atoms with van der Waals surface area (Å²) in [7, 11) is -3.77.